The van der Waals surface area contributed by atoms with E-state index in [1.807, 2.05) is 4.90 Å². The van der Waals surface area contributed by atoms with Crippen LogP contribution >= 0.6 is 0 Å². The Hall–Kier alpha value is -0.770. The second-order valence-corrected chi connectivity index (χ2v) is 4.68. The molecule has 1 amide bonds. The first-order chi connectivity index (χ1) is 7.18. The van der Waals surface area contributed by atoms with Gasteiger partial charge in [-0.25, -0.2) is 4.79 Å². The summed E-state index contributed by atoms with van der Waals surface area (Å²) in [6.45, 7) is 7.08. The normalized spacial score (nSPS) is 31.5. The molecule has 2 unspecified atom stereocenters. The van der Waals surface area contributed by atoms with Crippen LogP contribution in [0.3, 0.4) is 0 Å². The highest BCUT2D eigenvalue weighted by Gasteiger charge is 2.32. The molecule has 4 nitrogen and oxygen atoms in total. The maximum Gasteiger partial charge on any atom is 0.410 e. The predicted octanol–water partition coefficient (Wildman–Crippen LogP) is 1.50. The summed E-state index contributed by atoms with van der Waals surface area (Å²) < 4.78 is 10.3. The summed E-state index contributed by atoms with van der Waals surface area (Å²) in [5.41, 5.74) is 0. The van der Waals surface area contributed by atoms with Gasteiger partial charge in [-0.3, -0.25) is 0 Å². The topological polar surface area (TPSA) is 38.8 Å². The lowest BCUT2D eigenvalue weighted by atomic mass is 10.1. The fraction of sp³-hybridized carbons (Fsp3) is 0.909. The van der Waals surface area contributed by atoms with Gasteiger partial charge in [-0.05, 0) is 19.3 Å². The summed E-state index contributed by atoms with van der Waals surface area (Å²) >= 11 is 0. The maximum absolute atomic E-state index is 11.7. The van der Waals surface area contributed by atoms with Crippen molar-refractivity contribution < 1.29 is 14.3 Å². The first kappa shape index (κ1) is 10.7. The average molecular weight is 213 g/mol. The average Bonchev–Trinajstić information content (AvgIpc) is 2.45. The predicted molar refractivity (Wildman–Crippen MR) is 55.6 cm³/mol. The van der Waals surface area contributed by atoms with Crippen molar-refractivity contribution in [3.05, 3.63) is 0 Å². The highest BCUT2D eigenvalue weighted by molar-refractivity contribution is 5.68. The fourth-order valence-electron chi connectivity index (χ4n) is 2.01. The summed E-state index contributed by atoms with van der Waals surface area (Å²) in [6.07, 6.45) is 0.932. The Balaban J connectivity index is 1.75. The van der Waals surface area contributed by atoms with E-state index < -0.39 is 0 Å². The van der Waals surface area contributed by atoms with E-state index in [1.165, 1.54) is 0 Å². The number of nitrogens with zero attached hydrogens (tertiary/aromatic N) is 1. The number of ether oxygens (including phenoxy) is 2. The lowest BCUT2D eigenvalue weighted by Gasteiger charge is -2.28. The Morgan fingerprint density at radius 3 is 2.67 bits per heavy atom. The summed E-state index contributed by atoms with van der Waals surface area (Å²) in [5.74, 6) is 1.01. The van der Waals surface area contributed by atoms with E-state index in [4.69, 9.17) is 9.47 Å². The van der Waals surface area contributed by atoms with Gasteiger partial charge in [-0.15, -0.1) is 0 Å². The molecule has 0 N–H and O–H groups in total. The van der Waals surface area contributed by atoms with Gasteiger partial charge in [0.25, 0.3) is 0 Å². The van der Waals surface area contributed by atoms with Gasteiger partial charge in [-0.1, -0.05) is 6.92 Å². The van der Waals surface area contributed by atoms with Crippen molar-refractivity contribution in [2.75, 3.05) is 26.4 Å². The number of hydrogen-bond donors (Lipinski definition) is 0. The van der Waals surface area contributed by atoms with E-state index >= 15 is 0 Å². The van der Waals surface area contributed by atoms with E-state index in [1.54, 1.807) is 0 Å². The molecule has 2 atom stereocenters. The largest absolute Gasteiger partial charge is 0.449 e. The van der Waals surface area contributed by atoms with Crippen molar-refractivity contribution in [2.24, 2.45) is 11.8 Å². The summed E-state index contributed by atoms with van der Waals surface area (Å²) in [5, 5.41) is 0. The molecular weight excluding hydrogens is 194 g/mol. The van der Waals surface area contributed by atoms with Crippen molar-refractivity contribution in [1.29, 1.82) is 0 Å². The molecule has 0 saturated carbocycles. The molecular formula is C11H19NO3. The lowest BCUT2D eigenvalue weighted by molar-refractivity contribution is -0.0614. The summed E-state index contributed by atoms with van der Waals surface area (Å²) in [7, 11) is 0. The monoisotopic (exact) mass is 213 g/mol. The Kier molecular flexibility index (Phi) is 3.14. The van der Waals surface area contributed by atoms with Crippen molar-refractivity contribution in [3.8, 4) is 0 Å². The minimum atomic E-state index is -0.154. The van der Waals surface area contributed by atoms with Crippen LogP contribution < -0.4 is 0 Å². The zero-order chi connectivity index (χ0) is 10.8. The van der Waals surface area contributed by atoms with Gasteiger partial charge in [0.15, 0.2) is 0 Å². The highest BCUT2D eigenvalue weighted by Crippen LogP contribution is 2.24. The third-order valence-electron chi connectivity index (χ3n) is 3.52. The number of carbonyl (C=O) groups excluding carboxylic acids is 1. The maximum atomic E-state index is 11.7. The van der Waals surface area contributed by atoms with Gasteiger partial charge in [0.2, 0.25) is 0 Å². The molecule has 0 aromatic carbocycles. The molecule has 0 radical (unpaired) electrons. The molecule has 2 aliphatic heterocycles. The smallest absolute Gasteiger partial charge is 0.410 e. The molecule has 4 heteroatoms. The Labute approximate surface area is 90.5 Å². The first-order valence-electron chi connectivity index (χ1n) is 5.69. The van der Waals surface area contributed by atoms with E-state index in [-0.39, 0.29) is 6.09 Å². The molecule has 0 spiro atoms. The standard InChI is InChI=1S/C11H19NO3/c1-8-3-4-12(9(8)2)11(13)15-7-10-5-14-6-10/h8-10H,3-7H2,1-2H3. The van der Waals surface area contributed by atoms with Gasteiger partial charge in [0.1, 0.15) is 6.61 Å². The SMILES string of the molecule is CC1CCN(C(=O)OCC2COC2)C1C. The van der Waals surface area contributed by atoms with E-state index in [0.29, 0.717) is 24.5 Å². The second kappa shape index (κ2) is 4.39. The molecule has 2 fully saturated rings. The minimum absolute atomic E-state index is 0.154. The lowest BCUT2D eigenvalue weighted by Crippen LogP contribution is -2.39. The highest BCUT2D eigenvalue weighted by atomic mass is 16.6. The third-order valence-corrected chi connectivity index (χ3v) is 3.52. The van der Waals surface area contributed by atoms with Crippen molar-refractivity contribution in [2.45, 2.75) is 26.3 Å². The van der Waals surface area contributed by atoms with Crippen LogP contribution in [0.5, 0.6) is 0 Å². The number of likely N-dealkylation sites (tertiary alicyclic amines) is 1. The Morgan fingerprint density at radius 2 is 2.20 bits per heavy atom. The first-order valence-corrected chi connectivity index (χ1v) is 5.69. The number of carbonyl (C=O) groups is 1. The van der Waals surface area contributed by atoms with Crippen LogP contribution in [0.4, 0.5) is 4.79 Å². The molecule has 0 bridgehead atoms. The molecule has 15 heavy (non-hydrogen) atoms. The Bertz CT molecular complexity index is 240. The van der Waals surface area contributed by atoms with Crippen molar-refractivity contribution >= 4 is 6.09 Å². The zero-order valence-corrected chi connectivity index (χ0v) is 9.44. The fourth-order valence-corrected chi connectivity index (χ4v) is 2.01. The van der Waals surface area contributed by atoms with Crippen LogP contribution in [0, 0.1) is 11.8 Å². The van der Waals surface area contributed by atoms with Crippen LogP contribution in [0.15, 0.2) is 0 Å². The van der Waals surface area contributed by atoms with Crippen LogP contribution in [-0.4, -0.2) is 43.4 Å². The number of hydrogen-bond acceptors (Lipinski definition) is 3. The summed E-state index contributed by atoms with van der Waals surface area (Å²) in [6, 6.07) is 0.315. The van der Waals surface area contributed by atoms with Crippen LogP contribution in [0.1, 0.15) is 20.3 Å². The van der Waals surface area contributed by atoms with Crippen molar-refractivity contribution in [1.82, 2.24) is 4.90 Å². The van der Waals surface area contributed by atoms with E-state index in [0.717, 1.165) is 26.2 Å². The zero-order valence-electron chi connectivity index (χ0n) is 9.44. The molecule has 2 aliphatic rings. The number of rotatable bonds is 2. The van der Waals surface area contributed by atoms with E-state index in [9.17, 15) is 4.79 Å². The van der Waals surface area contributed by atoms with Gasteiger partial charge in [0.05, 0.1) is 13.2 Å². The molecule has 2 saturated heterocycles. The molecule has 0 aromatic heterocycles. The second-order valence-electron chi connectivity index (χ2n) is 4.68. The Morgan fingerprint density at radius 1 is 1.47 bits per heavy atom. The molecule has 0 aliphatic carbocycles. The molecule has 2 heterocycles. The summed E-state index contributed by atoms with van der Waals surface area (Å²) in [4.78, 5) is 13.5. The van der Waals surface area contributed by atoms with Crippen LogP contribution in [0.2, 0.25) is 0 Å². The minimum Gasteiger partial charge on any atom is -0.449 e. The quantitative estimate of drug-likeness (QED) is 0.697. The molecule has 2 rings (SSSR count). The van der Waals surface area contributed by atoms with Crippen molar-refractivity contribution in [3.63, 3.8) is 0 Å². The van der Waals surface area contributed by atoms with Gasteiger partial charge in [0, 0.05) is 18.5 Å². The van der Waals surface area contributed by atoms with Gasteiger partial charge >= 0.3 is 6.09 Å². The third kappa shape index (κ3) is 2.25. The van der Waals surface area contributed by atoms with E-state index in [2.05, 4.69) is 13.8 Å². The molecule has 0 aromatic rings. The van der Waals surface area contributed by atoms with Gasteiger partial charge < -0.3 is 14.4 Å². The van der Waals surface area contributed by atoms with Crippen LogP contribution in [0.25, 0.3) is 0 Å². The van der Waals surface area contributed by atoms with Crippen LogP contribution in [-0.2, 0) is 9.47 Å². The number of amides is 1. The molecule has 86 valence electrons. The van der Waals surface area contributed by atoms with Gasteiger partial charge in [-0.2, -0.15) is 0 Å².